The number of ether oxygens (including phenoxy) is 2. The van der Waals surface area contributed by atoms with E-state index in [1.807, 2.05) is 48.5 Å². The molecule has 2 atom stereocenters. The van der Waals surface area contributed by atoms with Crippen molar-refractivity contribution in [2.45, 2.75) is 37.8 Å². The number of amides is 4. The van der Waals surface area contributed by atoms with Gasteiger partial charge in [-0.3, -0.25) is 19.2 Å². The molecule has 0 spiro atoms. The molecule has 2 heterocycles. The van der Waals surface area contributed by atoms with Crippen LogP contribution in [0.2, 0.25) is 0 Å². The lowest BCUT2D eigenvalue weighted by Crippen LogP contribution is -2.40. The molecule has 2 unspecified atom stereocenters. The van der Waals surface area contributed by atoms with Gasteiger partial charge in [-0.05, 0) is 60.4 Å². The Morgan fingerprint density at radius 1 is 0.619 bits per heavy atom. The zero-order chi connectivity index (χ0) is 29.6. The van der Waals surface area contributed by atoms with E-state index in [0.29, 0.717) is 37.3 Å². The summed E-state index contributed by atoms with van der Waals surface area (Å²) >= 11 is 0. The number of rotatable bonds is 12. The van der Waals surface area contributed by atoms with Gasteiger partial charge >= 0.3 is 0 Å². The van der Waals surface area contributed by atoms with Crippen LogP contribution >= 0.6 is 0 Å². The van der Waals surface area contributed by atoms with Crippen molar-refractivity contribution in [3.63, 3.8) is 0 Å². The molecule has 3 aromatic rings. The second kappa shape index (κ2) is 13.0. The number of para-hydroxylation sites is 2. The Hall–Kier alpha value is -4.54. The number of carbonyl (C=O) groups excluding carboxylic acids is 4. The van der Waals surface area contributed by atoms with Crippen LogP contribution in [0.1, 0.15) is 24.0 Å². The van der Waals surface area contributed by atoms with Gasteiger partial charge in [0.1, 0.15) is 11.5 Å². The fourth-order valence-electron chi connectivity index (χ4n) is 5.46. The lowest BCUT2D eigenvalue weighted by Gasteiger charge is -2.19. The average molecular weight is 571 g/mol. The van der Waals surface area contributed by atoms with Crippen LogP contribution in [0.5, 0.6) is 11.5 Å². The molecule has 2 N–H and O–H groups in total. The molecule has 0 aromatic heterocycles. The first-order valence-corrected chi connectivity index (χ1v) is 14.0. The van der Waals surface area contributed by atoms with Crippen LogP contribution in [0.25, 0.3) is 0 Å². The Labute approximate surface area is 244 Å². The van der Waals surface area contributed by atoms with Crippen LogP contribution in [0.15, 0.2) is 72.8 Å². The van der Waals surface area contributed by atoms with Crippen molar-refractivity contribution in [2.24, 2.45) is 0 Å². The largest absolute Gasteiger partial charge is 0.496 e. The average Bonchev–Trinajstić information content (AvgIpc) is 3.45. The maximum atomic E-state index is 13.1. The molecule has 2 aliphatic rings. The molecular weight excluding hydrogens is 536 g/mol. The summed E-state index contributed by atoms with van der Waals surface area (Å²) in [6.45, 7) is 1.01. The quantitative estimate of drug-likeness (QED) is 0.319. The lowest BCUT2D eigenvalue weighted by atomic mass is 10.1. The number of hydrogen-bond donors (Lipinski definition) is 2. The summed E-state index contributed by atoms with van der Waals surface area (Å²) < 4.78 is 10.8. The molecule has 2 saturated heterocycles. The molecule has 3 aromatic carbocycles. The number of methoxy groups -OCH3 is 2. The molecule has 5 rings (SSSR count). The topological polar surface area (TPSA) is 117 Å². The lowest BCUT2D eigenvalue weighted by molar-refractivity contribution is -0.123. The summed E-state index contributed by atoms with van der Waals surface area (Å²) in [6.07, 6.45) is 1.39. The molecule has 0 aliphatic carbocycles. The van der Waals surface area contributed by atoms with E-state index in [9.17, 15) is 19.2 Å². The van der Waals surface area contributed by atoms with E-state index >= 15 is 0 Å². The first-order valence-electron chi connectivity index (χ1n) is 14.0. The number of nitrogens with one attached hydrogen (secondary N) is 2. The monoisotopic (exact) mass is 570 g/mol. The highest BCUT2D eigenvalue weighted by Gasteiger charge is 2.41. The molecular formula is C32H34N4O6. The second-order valence-electron chi connectivity index (χ2n) is 10.2. The first kappa shape index (κ1) is 29.0. The highest BCUT2D eigenvalue weighted by Crippen LogP contribution is 2.29. The van der Waals surface area contributed by atoms with E-state index in [-0.39, 0.29) is 36.5 Å². The Morgan fingerprint density at radius 3 is 1.38 bits per heavy atom. The van der Waals surface area contributed by atoms with E-state index in [2.05, 4.69) is 10.6 Å². The maximum absolute atomic E-state index is 13.1. The number of benzene rings is 3. The minimum Gasteiger partial charge on any atom is -0.496 e. The number of carbonyl (C=O) groups is 4. The van der Waals surface area contributed by atoms with Crippen molar-refractivity contribution in [2.75, 3.05) is 37.1 Å². The highest BCUT2D eigenvalue weighted by molar-refractivity contribution is 6.24. The molecule has 218 valence electrons. The van der Waals surface area contributed by atoms with Crippen molar-refractivity contribution in [1.29, 1.82) is 0 Å². The summed E-state index contributed by atoms with van der Waals surface area (Å²) in [7, 11) is 3.23. The molecule has 0 radical (unpaired) electrons. The van der Waals surface area contributed by atoms with Crippen molar-refractivity contribution >= 4 is 35.0 Å². The standard InChI is InChI=1S/C32H34N4O6/c1-41-27-9-5-3-7-21(27)15-17-33-25-19-29(37)35(31(25)39)23-11-13-24(14-12-23)36-30(38)20-26(32(36)40)34-18-16-22-8-4-6-10-28(22)42-2/h3-14,25-26,33-34H,15-20H2,1-2H3. The van der Waals surface area contributed by atoms with Gasteiger partial charge in [0, 0.05) is 13.1 Å². The van der Waals surface area contributed by atoms with Crippen LogP contribution in [-0.2, 0) is 32.0 Å². The predicted octanol–water partition coefficient (Wildman–Crippen LogP) is 2.63. The summed E-state index contributed by atoms with van der Waals surface area (Å²) in [5, 5.41) is 6.38. The molecule has 2 aliphatic heterocycles. The molecule has 42 heavy (non-hydrogen) atoms. The number of anilines is 2. The van der Waals surface area contributed by atoms with E-state index < -0.39 is 12.1 Å². The number of hydrogen-bond acceptors (Lipinski definition) is 8. The van der Waals surface area contributed by atoms with Gasteiger partial charge < -0.3 is 20.1 Å². The Balaban J connectivity index is 1.17. The Bertz CT molecular complexity index is 1360. The third kappa shape index (κ3) is 6.05. The van der Waals surface area contributed by atoms with Gasteiger partial charge in [0.2, 0.25) is 11.8 Å². The first-order chi connectivity index (χ1) is 20.4. The number of nitrogens with zero attached hydrogens (tertiary/aromatic N) is 2. The van der Waals surface area contributed by atoms with Crippen molar-refractivity contribution < 1.29 is 28.7 Å². The van der Waals surface area contributed by atoms with Crippen LogP contribution in [0.3, 0.4) is 0 Å². The van der Waals surface area contributed by atoms with Crippen LogP contribution in [0, 0.1) is 0 Å². The summed E-state index contributed by atoms with van der Waals surface area (Å²) in [6, 6.07) is 20.4. The zero-order valence-electron chi connectivity index (χ0n) is 23.7. The van der Waals surface area contributed by atoms with Crippen LogP contribution in [-0.4, -0.2) is 63.0 Å². The normalized spacial score (nSPS) is 18.7. The second-order valence-corrected chi connectivity index (χ2v) is 10.2. The number of imide groups is 2. The Morgan fingerprint density at radius 2 is 1.00 bits per heavy atom. The molecule has 2 fully saturated rings. The minimum atomic E-state index is -0.628. The van der Waals surface area contributed by atoms with Gasteiger partial charge in [0.15, 0.2) is 0 Å². The van der Waals surface area contributed by atoms with Crippen LogP contribution < -0.4 is 29.9 Å². The van der Waals surface area contributed by atoms with Gasteiger partial charge in [-0.15, -0.1) is 0 Å². The fourth-order valence-corrected chi connectivity index (χ4v) is 5.46. The van der Waals surface area contributed by atoms with Crippen molar-refractivity contribution in [1.82, 2.24) is 10.6 Å². The minimum absolute atomic E-state index is 0.0534. The SMILES string of the molecule is COc1ccccc1CCNC1CC(=O)N(c2ccc(N3C(=O)CC(NCCc4ccccc4OC)C3=O)cc2)C1=O. The van der Waals surface area contributed by atoms with Gasteiger partial charge in [-0.1, -0.05) is 36.4 Å². The third-order valence-corrected chi connectivity index (χ3v) is 7.61. The van der Waals surface area contributed by atoms with E-state index in [4.69, 9.17) is 9.47 Å². The van der Waals surface area contributed by atoms with E-state index in [1.165, 1.54) is 0 Å². The van der Waals surface area contributed by atoms with Crippen LogP contribution in [0.4, 0.5) is 11.4 Å². The highest BCUT2D eigenvalue weighted by atomic mass is 16.5. The molecule has 10 heteroatoms. The summed E-state index contributed by atoms with van der Waals surface area (Å²) in [4.78, 5) is 54.0. The van der Waals surface area contributed by atoms with Gasteiger partial charge in [-0.25, -0.2) is 9.80 Å². The van der Waals surface area contributed by atoms with Gasteiger partial charge in [-0.2, -0.15) is 0 Å². The van der Waals surface area contributed by atoms with Crippen molar-refractivity contribution in [3.05, 3.63) is 83.9 Å². The predicted molar refractivity (Wildman–Crippen MR) is 158 cm³/mol. The van der Waals surface area contributed by atoms with Gasteiger partial charge in [0.05, 0.1) is 50.5 Å². The zero-order valence-corrected chi connectivity index (χ0v) is 23.7. The summed E-state index contributed by atoms with van der Waals surface area (Å²) in [5.74, 6) is 0.269. The van der Waals surface area contributed by atoms with E-state index in [1.54, 1.807) is 38.5 Å². The molecule has 0 saturated carbocycles. The maximum Gasteiger partial charge on any atom is 0.251 e. The third-order valence-electron chi connectivity index (χ3n) is 7.61. The summed E-state index contributed by atoms with van der Waals surface area (Å²) in [5.41, 5.74) is 2.81. The Kier molecular flexibility index (Phi) is 8.94. The van der Waals surface area contributed by atoms with Crippen molar-refractivity contribution in [3.8, 4) is 11.5 Å². The van der Waals surface area contributed by atoms with E-state index in [0.717, 1.165) is 32.4 Å². The fraction of sp³-hybridized carbons (Fsp3) is 0.312. The molecule has 4 amide bonds. The molecule has 10 nitrogen and oxygen atoms in total. The smallest absolute Gasteiger partial charge is 0.251 e. The molecule has 0 bridgehead atoms. The van der Waals surface area contributed by atoms with Gasteiger partial charge in [0.25, 0.3) is 11.8 Å².